The van der Waals surface area contributed by atoms with Gasteiger partial charge < -0.3 is 10.1 Å². The normalized spacial score (nSPS) is 11.2. The number of nitrogens with zero attached hydrogens (tertiary/aromatic N) is 3. The van der Waals surface area contributed by atoms with E-state index in [-0.39, 0.29) is 15.7 Å². The second-order valence-corrected chi connectivity index (χ2v) is 6.64. The second-order valence-electron chi connectivity index (χ2n) is 5.83. The third-order valence-corrected chi connectivity index (χ3v) is 4.34. The van der Waals surface area contributed by atoms with Gasteiger partial charge in [0.2, 0.25) is 5.75 Å². The zero-order valence-corrected chi connectivity index (χ0v) is 16.5. The van der Waals surface area contributed by atoms with E-state index in [1.165, 1.54) is 0 Å². The van der Waals surface area contributed by atoms with Gasteiger partial charge in [0.15, 0.2) is 6.61 Å². The van der Waals surface area contributed by atoms with Crippen LogP contribution in [-0.2, 0) is 0 Å². The zero-order valence-electron chi connectivity index (χ0n) is 15.0. The molecule has 0 amide bonds. The molecule has 0 saturated heterocycles. The van der Waals surface area contributed by atoms with E-state index in [2.05, 4.69) is 10.1 Å². The van der Waals surface area contributed by atoms with E-state index < -0.39 is 61.6 Å². The lowest BCUT2D eigenvalue weighted by Gasteiger charge is -2.17. The Labute approximate surface area is 179 Å². The SMILES string of the molecule is Cc1c(Nc2c(Cl)cc([N+](=O)[O-])cc2Cl)c([N+](=O)[O-])cc([N+](=O)[O-])c1OCC(F)(F)F. The molecular weight excluding hydrogens is 476 g/mol. The van der Waals surface area contributed by atoms with E-state index in [9.17, 15) is 43.5 Å². The molecule has 2 rings (SSSR count). The highest BCUT2D eigenvalue weighted by Crippen LogP contribution is 2.46. The summed E-state index contributed by atoms with van der Waals surface area (Å²) >= 11 is 11.9. The molecule has 0 atom stereocenters. The van der Waals surface area contributed by atoms with Gasteiger partial charge in [0.05, 0.1) is 36.6 Å². The monoisotopic (exact) mass is 484 g/mol. The molecular formula is C15H9Cl2F3N4O7. The van der Waals surface area contributed by atoms with Crippen LogP contribution in [0.15, 0.2) is 18.2 Å². The first kappa shape index (κ1) is 23.9. The number of rotatable bonds is 7. The lowest BCUT2D eigenvalue weighted by Crippen LogP contribution is -2.20. The summed E-state index contributed by atoms with van der Waals surface area (Å²) in [7, 11) is 0. The Morgan fingerprint density at radius 3 is 1.87 bits per heavy atom. The van der Waals surface area contributed by atoms with Gasteiger partial charge in [-0.25, -0.2) is 0 Å². The predicted octanol–water partition coefficient (Wildman–Crippen LogP) is 5.71. The Morgan fingerprint density at radius 1 is 0.935 bits per heavy atom. The minimum Gasteiger partial charge on any atom is -0.477 e. The smallest absolute Gasteiger partial charge is 0.422 e. The molecule has 0 aliphatic rings. The molecule has 0 unspecified atom stereocenters. The van der Waals surface area contributed by atoms with Crippen molar-refractivity contribution in [3.05, 3.63) is 64.2 Å². The summed E-state index contributed by atoms with van der Waals surface area (Å²) in [5.41, 5.74) is -3.64. The lowest BCUT2D eigenvalue weighted by atomic mass is 10.1. The van der Waals surface area contributed by atoms with Crippen molar-refractivity contribution in [3.63, 3.8) is 0 Å². The van der Waals surface area contributed by atoms with Crippen molar-refractivity contribution in [2.75, 3.05) is 11.9 Å². The Morgan fingerprint density at radius 2 is 1.45 bits per heavy atom. The molecule has 0 bridgehead atoms. The van der Waals surface area contributed by atoms with Gasteiger partial charge in [-0.3, -0.25) is 30.3 Å². The Hall–Kier alpha value is -3.39. The summed E-state index contributed by atoms with van der Waals surface area (Å²) in [5.74, 6) is -0.871. The molecule has 1 N–H and O–H groups in total. The number of nitro groups is 3. The molecule has 0 aliphatic heterocycles. The quantitative estimate of drug-likeness (QED) is 0.387. The van der Waals surface area contributed by atoms with Gasteiger partial charge in [0.25, 0.3) is 11.4 Å². The maximum Gasteiger partial charge on any atom is 0.422 e. The van der Waals surface area contributed by atoms with Gasteiger partial charge >= 0.3 is 11.9 Å². The molecule has 0 heterocycles. The van der Waals surface area contributed by atoms with Crippen LogP contribution in [0.4, 0.5) is 41.6 Å². The number of hydrogen-bond acceptors (Lipinski definition) is 8. The van der Waals surface area contributed by atoms with Crippen LogP contribution in [-0.4, -0.2) is 27.6 Å². The van der Waals surface area contributed by atoms with Crippen molar-refractivity contribution >= 4 is 51.6 Å². The number of nitrogens with one attached hydrogen (secondary N) is 1. The highest BCUT2D eigenvalue weighted by molar-refractivity contribution is 6.39. The maximum absolute atomic E-state index is 12.6. The van der Waals surface area contributed by atoms with Gasteiger partial charge in [-0.05, 0) is 6.92 Å². The van der Waals surface area contributed by atoms with E-state index in [0.717, 1.165) is 19.1 Å². The van der Waals surface area contributed by atoms with Crippen LogP contribution in [0.2, 0.25) is 10.0 Å². The fourth-order valence-corrected chi connectivity index (χ4v) is 3.02. The number of nitro benzene ring substituents is 3. The number of halogens is 5. The van der Waals surface area contributed by atoms with E-state index in [1.807, 2.05) is 0 Å². The largest absolute Gasteiger partial charge is 0.477 e. The van der Waals surface area contributed by atoms with Crippen molar-refractivity contribution in [3.8, 4) is 5.75 Å². The van der Waals surface area contributed by atoms with Gasteiger partial charge in [-0.2, -0.15) is 13.2 Å². The minimum atomic E-state index is -4.85. The first-order valence-electron chi connectivity index (χ1n) is 7.79. The summed E-state index contributed by atoms with van der Waals surface area (Å²) in [4.78, 5) is 30.6. The van der Waals surface area contributed by atoms with Crippen LogP contribution in [0.25, 0.3) is 0 Å². The van der Waals surface area contributed by atoms with Crippen LogP contribution in [0.1, 0.15) is 5.56 Å². The molecule has 31 heavy (non-hydrogen) atoms. The van der Waals surface area contributed by atoms with Crippen LogP contribution < -0.4 is 10.1 Å². The molecule has 2 aromatic carbocycles. The van der Waals surface area contributed by atoms with E-state index in [4.69, 9.17) is 23.2 Å². The number of benzene rings is 2. The lowest BCUT2D eigenvalue weighted by molar-refractivity contribution is -0.394. The number of hydrogen-bond donors (Lipinski definition) is 1. The third-order valence-electron chi connectivity index (χ3n) is 3.74. The Kier molecular flexibility index (Phi) is 6.76. The number of non-ortho nitro benzene ring substituents is 1. The molecule has 16 heteroatoms. The molecule has 0 spiro atoms. The highest BCUT2D eigenvalue weighted by atomic mass is 35.5. The number of anilines is 2. The van der Waals surface area contributed by atoms with Crippen molar-refractivity contribution < 1.29 is 32.7 Å². The zero-order chi connectivity index (χ0) is 23.7. The van der Waals surface area contributed by atoms with Gasteiger partial charge in [-0.15, -0.1) is 0 Å². The van der Waals surface area contributed by atoms with E-state index >= 15 is 0 Å². The second kappa shape index (κ2) is 8.77. The fraction of sp³-hybridized carbons (Fsp3) is 0.200. The summed E-state index contributed by atoms with van der Waals surface area (Å²) in [6.45, 7) is -0.855. The van der Waals surface area contributed by atoms with Crippen molar-refractivity contribution in [2.24, 2.45) is 0 Å². The third kappa shape index (κ3) is 5.40. The van der Waals surface area contributed by atoms with Crippen LogP contribution in [0.3, 0.4) is 0 Å². The Balaban J connectivity index is 2.70. The number of ether oxygens (including phenoxy) is 1. The van der Waals surface area contributed by atoms with E-state index in [1.54, 1.807) is 0 Å². The van der Waals surface area contributed by atoms with E-state index in [0.29, 0.717) is 6.07 Å². The van der Waals surface area contributed by atoms with Crippen molar-refractivity contribution in [2.45, 2.75) is 13.1 Å². The predicted molar refractivity (Wildman–Crippen MR) is 102 cm³/mol. The average Bonchev–Trinajstić information content (AvgIpc) is 2.62. The maximum atomic E-state index is 12.6. The summed E-state index contributed by atoms with van der Waals surface area (Å²) in [5, 5.41) is 35.3. The van der Waals surface area contributed by atoms with Crippen LogP contribution in [0, 0.1) is 37.3 Å². The van der Waals surface area contributed by atoms with Gasteiger partial charge in [-0.1, -0.05) is 23.2 Å². The fourth-order valence-electron chi connectivity index (χ4n) is 2.45. The Bertz CT molecular complexity index is 1070. The van der Waals surface area contributed by atoms with Gasteiger partial charge in [0.1, 0.15) is 5.69 Å². The topological polar surface area (TPSA) is 151 Å². The van der Waals surface area contributed by atoms with Gasteiger partial charge in [0, 0.05) is 17.7 Å². The first-order valence-corrected chi connectivity index (χ1v) is 8.55. The first-order chi connectivity index (χ1) is 14.2. The van der Waals surface area contributed by atoms with Crippen LogP contribution >= 0.6 is 23.2 Å². The standard InChI is InChI=1S/C15H9Cl2F3N4O7/c1-6-12(21-13-8(16)2-7(22(25)26)3-9(13)17)10(23(27)28)4-11(24(29)30)14(6)31-5-15(18,19)20/h2-4,21H,5H2,1H3. The average molecular weight is 485 g/mol. The molecule has 0 radical (unpaired) electrons. The van der Waals surface area contributed by atoms with Crippen molar-refractivity contribution in [1.82, 2.24) is 0 Å². The molecule has 0 saturated carbocycles. The molecule has 166 valence electrons. The number of alkyl halides is 3. The summed E-state index contributed by atoms with van der Waals surface area (Å²) in [6, 6.07) is 2.17. The highest BCUT2D eigenvalue weighted by Gasteiger charge is 2.34. The molecule has 0 fully saturated rings. The van der Waals surface area contributed by atoms with Crippen LogP contribution in [0.5, 0.6) is 5.75 Å². The summed E-state index contributed by atoms with van der Waals surface area (Å²) < 4.78 is 42.2. The molecule has 0 aromatic heterocycles. The summed E-state index contributed by atoms with van der Waals surface area (Å²) in [6.07, 6.45) is -4.85. The molecule has 2 aromatic rings. The van der Waals surface area contributed by atoms with Crippen molar-refractivity contribution in [1.29, 1.82) is 0 Å². The molecule has 11 nitrogen and oxygen atoms in total. The molecule has 0 aliphatic carbocycles. The minimum absolute atomic E-state index is 0.254.